The first-order chi connectivity index (χ1) is 19.2. The van der Waals surface area contributed by atoms with Crippen LogP contribution in [0.25, 0.3) is 0 Å². The van der Waals surface area contributed by atoms with Crippen molar-refractivity contribution < 1.29 is 24.2 Å². The third-order valence-electron chi connectivity index (χ3n) is 6.26. The number of carbonyl (C=O) groups excluding carboxylic acids is 3. The number of phenols is 1. The molecule has 0 fully saturated rings. The lowest BCUT2D eigenvalue weighted by Crippen LogP contribution is -2.59. The Morgan fingerprint density at radius 3 is 1.90 bits per heavy atom. The number of hydrogen-bond donors (Lipinski definition) is 3. The van der Waals surface area contributed by atoms with Crippen molar-refractivity contribution in [1.29, 1.82) is 0 Å². The lowest BCUT2D eigenvalue weighted by molar-refractivity contribution is -0.148. The van der Waals surface area contributed by atoms with Crippen molar-refractivity contribution >= 4 is 17.9 Å². The second-order valence-corrected chi connectivity index (χ2v) is 12.0. The van der Waals surface area contributed by atoms with Gasteiger partial charge in [-0.15, -0.1) is 0 Å². The van der Waals surface area contributed by atoms with E-state index in [1.165, 1.54) is 17.0 Å². The summed E-state index contributed by atoms with van der Waals surface area (Å²) in [6.45, 7) is 11.1. The Balaban J connectivity index is 2.02. The van der Waals surface area contributed by atoms with Crippen LogP contribution in [0, 0.1) is 0 Å². The molecule has 8 heteroatoms. The zero-order valence-corrected chi connectivity index (χ0v) is 24.7. The number of carbonyl (C=O) groups is 3. The van der Waals surface area contributed by atoms with Crippen molar-refractivity contribution in [2.24, 2.45) is 0 Å². The number of hydrogen-bond acceptors (Lipinski definition) is 5. The van der Waals surface area contributed by atoms with E-state index in [-0.39, 0.29) is 18.1 Å². The molecule has 3 aromatic carbocycles. The standard InChI is InChI=1S/C33H41N3O5/c1-32(2,3)36(28(25-15-11-8-12-16-25)29(38)34-22-24-13-9-7-10-14-24)30(39)27(35-31(40)41-33(4,5)6)21-23-17-19-26(37)20-18-23/h7-20,27-28,37H,21-22H2,1-6H3,(H,34,38)(H,35,40). The summed E-state index contributed by atoms with van der Waals surface area (Å²) in [7, 11) is 0. The predicted octanol–water partition coefficient (Wildman–Crippen LogP) is 5.51. The van der Waals surface area contributed by atoms with E-state index in [1.807, 2.05) is 81.4 Å². The van der Waals surface area contributed by atoms with Crippen LogP contribution in [-0.4, -0.2) is 45.1 Å². The van der Waals surface area contributed by atoms with Crippen LogP contribution in [0.1, 0.15) is 64.3 Å². The fraction of sp³-hybridized carbons (Fsp3) is 0.364. The summed E-state index contributed by atoms with van der Waals surface area (Å²) in [6, 6.07) is 23.1. The monoisotopic (exact) mass is 559 g/mol. The molecule has 0 aromatic heterocycles. The third kappa shape index (κ3) is 9.38. The zero-order valence-electron chi connectivity index (χ0n) is 24.7. The van der Waals surface area contributed by atoms with Crippen LogP contribution < -0.4 is 10.6 Å². The molecule has 3 rings (SSSR count). The summed E-state index contributed by atoms with van der Waals surface area (Å²) >= 11 is 0. The second-order valence-electron chi connectivity index (χ2n) is 12.0. The highest BCUT2D eigenvalue weighted by Crippen LogP contribution is 2.30. The largest absolute Gasteiger partial charge is 0.508 e. The van der Waals surface area contributed by atoms with E-state index in [1.54, 1.807) is 32.9 Å². The Labute approximate surface area is 242 Å². The van der Waals surface area contributed by atoms with Crippen molar-refractivity contribution in [3.63, 3.8) is 0 Å². The molecule has 0 saturated carbocycles. The summed E-state index contributed by atoms with van der Waals surface area (Å²) < 4.78 is 5.48. The number of nitrogens with one attached hydrogen (secondary N) is 2. The molecule has 3 N–H and O–H groups in total. The summed E-state index contributed by atoms with van der Waals surface area (Å²) in [6.07, 6.45) is -0.619. The normalized spacial score (nSPS) is 13.0. The van der Waals surface area contributed by atoms with Crippen LogP contribution in [0.3, 0.4) is 0 Å². The number of amides is 3. The van der Waals surface area contributed by atoms with Crippen LogP contribution in [0.15, 0.2) is 84.9 Å². The molecule has 0 radical (unpaired) electrons. The molecular formula is C33H41N3O5. The fourth-order valence-electron chi connectivity index (χ4n) is 4.47. The maximum atomic E-state index is 14.5. The highest BCUT2D eigenvalue weighted by Gasteiger charge is 2.41. The average molecular weight is 560 g/mol. The Morgan fingerprint density at radius 2 is 1.37 bits per heavy atom. The van der Waals surface area contributed by atoms with E-state index in [0.717, 1.165) is 11.1 Å². The molecular weight excluding hydrogens is 518 g/mol. The first-order valence-electron chi connectivity index (χ1n) is 13.7. The fourth-order valence-corrected chi connectivity index (χ4v) is 4.47. The Hall–Kier alpha value is -4.33. The topological polar surface area (TPSA) is 108 Å². The zero-order chi connectivity index (χ0) is 30.2. The number of aromatic hydroxyl groups is 1. The van der Waals surface area contributed by atoms with Crippen molar-refractivity contribution in [3.8, 4) is 5.75 Å². The van der Waals surface area contributed by atoms with Gasteiger partial charge in [0.2, 0.25) is 11.8 Å². The summed E-state index contributed by atoms with van der Waals surface area (Å²) in [5, 5.41) is 15.5. The first kappa shape index (κ1) is 31.2. The Bertz CT molecular complexity index is 1300. The van der Waals surface area contributed by atoms with E-state index in [9.17, 15) is 19.5 Å². The summed E-state index contributed by atoms with van der Waals surface area (Å²) in [5.74, 6) is -0.698. The summed E-state index contributed by atoms with van der Waals surface area (Å²) in [4.78, 5) is 42.8. The predicted molar refractivity (Wildman–Crippen MR) is 159 cm³/mol. The van der Waals surface area contributed by atoms with Gasteiger partial charge in [0.15, 0.2) is 0 Å². The van der Waals surface area contributed by atoms with E-state index in [0.29, 0.717) is 12.1 Å². The highest BCUT2D eigenvalue weighted by atomic mass is 16.6. The van der Waals surface area contributed by atoms with Gasteiger partial charge >= 0.3 is 6.09 Å². The molecule has 218 valence electrons. The highest BCUT2D eigenvalue weighted by molar-refractivity contribution is 5.92. The van der Waals surface area contributed by atoms with Gasteiger partial charge in [-0.05, 0) is 70.4 Å². The first-order valence-corrected chi connectivity index (χ1v) is 13.7. The van der Waals surface area contributed by atoms with Gasteiger partial charge < -0.3 is 25.4 Å². The van der Waals surface area contributed by atoms with Gasteiger partial charge in [0.1, 0.15) is 23.4 Å². The second kappa shape index (κ2) is 13.4. The quantitative estimate of drug-likeness (QED) is 0.320. The van der Waals surface area contributed by atoms with Crippen LogP contribution in [0.5, 0.6) is 5.75 Å². The number of alkyl carbamates (subject to hydrolysis) is 1. The Morgan fingerprint density at radius 1 is 0.805 bits per heavy atom. The molecule has 3 aromatic rings. The molecule has 2 atom stereocenters. The van der Waals surface area contributed by atoms with Gasteiger partial charge in [-0.1, -0.05) is 72.8 Å². The minimum absolute atomic E-state index is 0.0901. The minimum atomic E-state index is -1.05. The van der Waals surface area contributed by atoms with E-state index >= 15 is 0 Å². The van der Waals surface area contributed by atoms with Crippen molar-refractivity contribution in [2.75, 3.05) is 0 Å². The number of benzene rings is 3. The van der Waals surface area contributed by atoms with E-state index in [4.69, 9.17) is 4.74 Å². The van der Waals surface area contributed by atoms with Crippen LogP contribution >= 0.6 is 0 Å². The van der Waals surface area contributed by atoms with Crippen molar-refractivity contribution in [3.05, 3.63) is 102 Å². The molecule has 0 aliphatic carbocycles. The average Bonchev–Trinajstić information content (AvgIpc) is 2.90. The van der Waals surface area contributed by atoms with E-state index < -0.39 is 35.2 Å². The van der Waals surface area contributed by atoms with E-state index in [2.05, 4.69) is 10.6 Å². The van der Waals surface area contributed by atoms with Crippen LogP contribution in [-0.2, 0) is 27.3 Å². The molecule has 0 bridgehead atoms. The van der Waals surface area contributed by atoms with Crippen molar-refractivity contribution in [1.82, 2.24) is 15.5 Å². The number of rotatable bonds is 9. The lowest BCUT2D eigenvalue weighted by atomic mass is 9.94. The molecule has 41 heavy (non-hydrogen) atoms. The molecule has 0 aliphatic rings. The van der Waals surface area contributed by atoms with Crippen molar-refractivity contribution in [2.45, 2.75) is 77.7 Å². The molecule has 0 spiro atoms. The molecule has 0 aliphatic heterocycles. The SMILES string of the molecule is CC(C)(C)OC(=O)NC(Cc1ccc(O)cc1)C(=O)N(C(C(=O)NCc1ccccc1)c1ccccc1)C(C)(C)C. The lowest BCUT2D eigenvalue weighted by Gasteiger charge is -2.43. The third-order valence-corrected chi connectivity index (χ3v) is 6.26. The molecule has 0 saturated heterocycles. The molecule has 3 amide bonds. The minimum Gasteiger partial charge on any atom is -0.508 e. The van der Waals surface area contributed by atoms with Crippen LogP contribution in [0.4, 0.5) is 4.79 Å². The number of ether oxygens (including phenoxy) is 1. The number of phenolic OH excluding ortho intramolecular Hbond substituents is 1. The van der Waals surface area contributed by atoms with Gasteiger partial charge in [-0.25, -0.2) is 4.79 Å². The van der Waals surface area contributed by atoms with Gasteiger partial charge in [0.05, 0.1) is 0 Å². The van der Waals surface area contributed by atoms with Gasteiger partial charge in [-0.2, -0.15) is 0 Å². The maximum absolute atomic E-state index is 14.5. The Kier molecular flexibility index (Phi) is 10.2. The maximum Gasteiger partial charge on any atom is 0.408 e. The molecule has 2 unspecified atom stereocenters. The van der Waals surface area contributed by atoms with Gasteiger partial charge in [-0.3, -0.25) is 9.59 Å². The smallest absolute Gasteiger partial charge is 0.408 e. The van der Waals surface area contributed by atoms with Crippen LogP contribution in [0.2, 0.25) is 0 Å². The molecule has 0 heterocycles. The molecule has 8 nitrogen and oxygen atoms in total. The van der Waals surface area contributed by atoms with Gasteiger partial charge in [0.25, 0.3) is 0 Å². The number of nitrogens with zero attached hydrogens (tertiary/aromatic N) is 1. The van der Waals surface area contributed by atoms with Gasteiger partial charge in [0, 0.05) is 18.5 Å². The summed E-state index contributed by atoms with van der Waals surface area (Å²) in [5.41, 5.74) is 0.699.